The van der Waals surface area contributed by atoms with Gasteiger partial charge in [0.1, 0.15) is 0 Å². The number of hydrogen-bond donors (Lipinski definition) is 1. The van der Waals surface area contributed by atoms with E-state index in [1.54, 1.807) is 12.0 Å². The predicted molar refractivity (Wildman–Crippen MR) is 89.2 cm³/mol. The Hall–Kier alpha value is -2.24. The summed E-state index contributed by atoms with van der Waals surface area (Å²) < 4.78 is 11.1. The maximum absolute atomic E-state index is 11.9. The van der Waals surface area contributed by atoms with E-state index in [2.05, 4.69) is 6.92 Å². The molecule has 1 fully saturated rings. The molecule has 132 valence electrons. The molecule has 1 N–H and O–H groups in total. The molecule has 0 aliphatic carbocycles. The average molecular weight is 335 g/mol. The van der Waals surface area contributed by atoms with E-state index in [1.165, 1.54) is 0 Å². The molecule has 1 aliphatic heterocycles. The Bertz CT molecular complexity index is 587. The molecule has 1 heterocycles. The van der Waals surface area contributed by atoms with Crippen molar-refractivity contribution in [3.05, 3.63) is 23.8 Å². The lowest BCUT2D eigenvalue weighted by Gasteiger charge is -2.17. The van der Waals surface area contributed by atoms with Gasteiger partial charge in [-0.15, -0.1) is 0 Å². The molecule has 1 amide bonds. The lowest BCUT2D eigenvalue weighted by Crippen LogP contribution is -2.25. The van der Waals surface area contributed by atoms with Crippen molar-refractivity contribution < 1.29 is 24.2 Å². The highest BCUT2D eigenvalue weighted by Crippen LogP contribution is 2.30. The average Bonchev–Trinajstić information content (AvgIpc) is 2.93. The normalized spacial score (nSPS) is 17.2. The molecule has 24 heavy (non-hydrogen) atoms. The van der Waals surface area contributed by atoms with E-state index in [9.17, 15) is 9.59 Å². The van der Waals surface area contributed by atoms with Gasteiger partial charge in [-0.2, -0.15) is 0 Å². The first-order valence-corrected chi connectivity index (χ1v) is 8.35. The Labute approximate surface area is 142 Å². The number of carbonyl (C=O) groups is 2. The van der Waals surface area contributed by atoms with E-state index in [-0.39, 0.29) is 18.9 Å². The molecule has 2 rings (SSSR count). The fourth-order valence-electron chi connectivity index (χ4n) is 2.77. The van der Waals surface area contributed by atoms with Crippen molar-refractivity contribution in [3.63, 3.8) is 0 Å². The smallest absolute Gasteiger partial charge is 0.308 e. The van der Waals surface area contributed by atoms with E-state index in [4.69, 9.17) is 14.6 Å². The van der Waals surface area contributed by atoms with Gasteiger partial charge in [0.25, 0.3) is 0 Å². The Morgan fingerprint density at radius 2 is 2.12 bits per heavy atom. The van der Waals surface area contributed by atoms with Gasteiger partial charge in [0.15, 0.2) is 11.5 Å². The van der Waals surface area contributed by atoms with Gasteiger partial charge in [-0.05, 0) is 24.1 Å². The summed E-state index contributed by atoms with van der Waals surface area (Å²) in [5.41, 5.74) is 0.896. The number of rotatable bonds is 9. The molecule has 0 spiro atoms. The Morgan fingerprint density at radius 3 is 2.75 bits per heavy atom. The summed E-state index contributed by atoms with van der Waals surface area (Å²) in [5, 5.41) is 9.04. The van der Waals surface area contributed by atoms with E-state index >= 15 is 0 Å². The largest absolute Gasteiger partial charge is 0.493 e. The summed E-state index contributed by atoms with van der Waals surface area (Å²) in [6, 6.07) is 5.57. The zero-order valence-electron chi connectivity index (χ0n) is 14.3. The third-order valence-corrected chi connectivity index (χ3v) is 4.17. The molecule has 1 saturated heterocycles. The maximum atomic E-state index is 11.9. The topological polar surface area (TPSA) is 76.1 Å². The highest BCUT2D eigenvalue weighted by molar-refractivity contribution is 5.86. The molecule has 0 radical (unpaired) electrons. The van der Waals surface area contributed by atoms with Crippen LogP contribution in [0, 0.1) is 5.92 Å². The molecule has 0 bridgehead atoms. The summed E-state index contributed by atoms with van der Waals surface area (Å²) in [6.07, 6.45) is 3.34. The molecule has 1 aliphatic rings. The van der Waals surface area contributed by atoms with Gasteiger partial charge in [-0.1, -0.05) is 25.8 Å². The van der Waals surface area contributed by atoms with Crippen molar-refractivity contribution in [1.82, 2.24) is 4.90 Å². The van der Waals surface area contributed by atoms with Crippen LogP contribution in [0.4, 0.5) is 0 Å². The number of likely N-dealkylation sites (tertiary alicyclic amines) is 1. The van der Waals surface area contributed by atoms with Crippen LogP contribution in [-0.2, 0) is 16.1 Å². The standard InChI is InChI=1S/C18H25NO5/c1-3-4-5-8-24-15-7-6-13(9-16(15)23-2)11-19-12-14(18(21)22)10-17(19)20/h6-7,9,14H,3-5,8,10-12H2,1-2H3,(H,21,22)/t14-/m0/s1. The molecule has 0 unspecified atom stereocenters. The van der Waals surface area contributed by atoms with Crippen LogP contribution >= 0.6 is 0 Å². The molecular weight excluding hydrogens is 310 g/mol. The molecule has 0 saturated carbocycles. The molecule has 0 aromatic heterocycles. The number of aliphatic carboxylic acids is 1. The van der Waals surface area contributed by atoms with Crippen LogP contribution in [0.25, 0.3) is 0 Å². The van der Waals surface area contributed by atoms with E-state index in [1.807, 2.05) is 18.2 Å². The minimum Gasteiger partial charge on any atom is -0.493 e. The number of carboxylic acids is 1. The lowest BCUT2D eigenvalue weighted by atomic mass is 10.1. The maximum Gasteiger partial charge on any atom is 0.308 e. The number of nitrogens with zero attached hydrogens (tertiary/aromatic N) is 1. The van der Waals surface area contributed by atoms with E-state index < -0.39 is 11.9 Å². The van der Waals surface area contributed by atoms with Crippen molar-refractivity contribution in [2.75, 3.05) is 20.3 Å². The zero-order chi connectivity index (χ0) is 17.5. The van der Waals surface area contributed by atoms with Gasteiger partial charge in [0, 0.05) is 19.5 Å². The van der Waals surface area contributed by atoms with E-state index in [0.717, 1.165) is 24.8 Å². The number of amides is 1. The van der Waals surface area contributed by atoms with Crippen LogP contribution in [0.5, 0.6) is 11.5 Å². The summed E-state index contributed by atoms with van der Waals surface area (Å²) >= 11 is 0. The molecule has 1 atom stereocenters. The van der Waals surface area contributed by atoms with Crippen molar-refractivity contribution in [3.8, 4) is 11.5 Å². The van der Waals surface area contributed by atoms with Crippen LogP contribution in [0.1, 0.15) is 38.2 Å². The summed E-state index contributed by atoms with van der Waals surface area (Å²) in [7, 11) is 1.58. The van der Waals surface area contributed by atoms with Gasteiger partial charge in [-0.25, -0.2) is 0 Å². The van der Waals surface area contributed by atoms with Crippen molar-refractivity contribution >= 4 is 11.9 Å². The van der Waals surface area contributed by atoms with Crippen LogP contribution in [-0.4, -0.2) is 42.1 Å². The number of methoxy groups -OCH3 is 1. The zero-order valence-corrected chi connectivity index (χ0v) is 14.3. The van der Waals surface area contributed by atoms with Gasteiger partial charge in [0.2, 0.25) is 5.91 Å². The molecule has 6 heteroatoms. The second kappa shape index (κ2) is 8.57. The first kappa shape index (κ1) is 18.1. The fourth-order valence-corrected chi connectivity index (χ4v) is 2.77. The van der Waals surface area contributed by atoms with Crippen molar-refractivity contribution in [2.24, 2.45) is 5.92 Å². The molecule has 6 nitrogen and oxygen atoms in total. The highest BCUT2D eigenvalue weighted by atomic mass is 16.5. The van der Waals surface area contributed by atoms with Gasteiger partial charge >= 0.3 is 5.97 Å². The monoisotopic (exact) mass is 335 g/mol. The summed E-state index contributed by atoms with van der Waals surface area (Å²) in [6.45, 7) is 3.43. The molecule has 1 aromatic rings. The number of carboxylic acid groups (broad SMARTS) is 1. The van der Waals surface area contributed by atoms with Gasteiger partial charge in [-0.3, -0.25) is 9.59 Å². The molecular formula is C18H25NO5. The van der Waals surface area contributed by atoms with Gasteiger partial charge in [0.05, 0.1) is 19.6 Å². The lowest BCUT2D eigenvalue weighted by molar-refractivity contribution is -0.141. The number of ether oxygens (including phenoxy) is 2. The first-order valence-electron chi connectivity index (χ1n) is 8.35. The van der Waals surface area contributed by atoms with Gasteiger partial charge < -0.3 is 19.5 Å². The second-order valence-electron chi connectivity index (χ2n) is 6.05. The highest BCUT2D eigenvalue weighted by Gasteiger charge is 2.34. The minimum absolute atomic E-state index is 0.0745. The Balaban J connectivity index is 1.99. The van der Waals surface area contributed by atoms with Crippen molar-refractivity contribution in [2.45, 2.75) is 39.2 Å². The Kier molecular flexibility index (Phi) is 6.46. The summed E-state index contributed by atoms with van der Waals surface area (Å²) in [5.74, 6) is -0.333. The number of hydrogen-bond acceptors (Lipinski definition) is 4. The van der Waals surface area contributed by atoms with Crippen LogP contribution in [0.3, 0.4) is 0 Å². The third kappa shape index (κ3) is 4.63. The number of benzene rings is 1. The van der Waals surface area contributed by atoms with Crippen LogP contribution < -0.4 is 9.47 Å². The fraction of sp³-hybridized carbons (Fsp3) is 0.556. The SMILES string of the molecule is CCCCCOc1ccc(CN2C[C@@H](C(=O)O)CC2=O)cc1OC. The van der Waals surface area contributed by atoms with Crippen molar-refractivity contribution in [1.29, 1.82) is 0 Å². The third-order valence-electron chi connectivity index (χ3n) is 4.17. The number of carbonyl (C=O) groups excluding carboxylic acids is 1. The van der Waals surface area contributed by atoms with Crippen LogP contribution in [0.15, 0.2) is 18.2 Å². The van der Waals surface area contributed by atoms with Crippen LogP contribution in [0.2, 0.25) is 0 Å². The summed E-state index contributed by atoms with van der Waals surface area (Å²) in [4.78, 5) is 24.5. The minimum atomic E-state index is -0.917. The number of unbranched alkanes of at least 4 members (excludes halogenated alkanes) is 2. The Morgan fingerprint density at radius 1 is 1.33 bits per heavy atom. The second-order valence-corrected chi connectivity index (χ2v) is 6.05. The predicted octanol–water partition coefficient (Wildman–Crippen LogP) is 2.70. The first-order chi connectivity index (χ1) is 11.5. The molecule has 1 aromatic carbocycles. The quantitative estimate of drug-likeness (QED) is 0.702. The van der Waals surface area contributed by atoms with E-state index in [0.29, 0.717) is 24.7 Å².